The Kier molecular flexibility index (Phi) is 2.94. The Morgan fingerprint density at radius 1 is 1.53 bits per heavy atom. The van der Waals surface area contributed by atoms with Gasteiger partial charge in [-0.3, -0.25) is 0 Å². The molecule has 15 heavy (non-hydrogen) atoms. The molecule has 0 aromatic carbocycles. The van der Waals surface area contributed by atoms with Gasteiger partial charge in [0.05, 0.1) is 12.3 Å². The van der Waals surface area contributed by atoms with Crippen LogP contribution in [0.15, 0.2) is 24.4 Å². The molecule has 0 radical (unpaired) electrons. The summed E-state index contributed by atoms with van der Waals surface area (Å²) in [7, 11) is 1.61. The predicted molar refractivity (Wildman–Crippen MR) is 54.9 cm³/mol. The Labute approximate surface area is 91.7 Å². The van der Waals surface area contributed by atoms with Crippen LogP contribution in [-0.4, -0.2) is 27.1 Å². The SMILES string of the molecule is COCc1cc(Cl)n(-c2cccnn2)n1. The third kappa shape index (κ3) is 2.14. The zero-order valence-corrected chi connectivity index (χ0v) is 8.85. The number of aromatic nitrogens is 4. The summed E-state index contributed by atoms with van der Waals surface area (Å²) in [6, 6.07) is 5.29. The molecule has 0 aliphatic rings. The van der Waals surface area contributed by atoms with Gasteiger partial charge in [-0.1, -0.05) is 11.6 Å². The summed E-state index contributed by atoms with van der Waals surface area (Å²) in [5.74, 6) is 0.588. The van der Waals surface area contributed by atoms with Crippen molar-refractivity contribution in [2.24, 2.45) is 0 Å². The first-order chi connectivity index (χ1) is 7.31. The third-order valence-electron chi connectivity index (χ3n) is 1.78. The summed E-state index contributed by atoms with van der Waals surface area (Å²) in [4.78, 5) is 0. The van der Waals surface area contributed by atoms with Crippen LogP contribution in [0.5, 0.6) is 0 Å². The molecule has 0 saturated heterocycles. The number of halogens is 1. The average molecular weight is 225 g/mol. The van der Waals surface area contributed by atoms with E-state index in [2.05, 4.69) is 15.3 Å². The maximum absolute atomic E-state index is 5.99. The smallest absolute Gasteiger partial charge is 0.177 e. The van der Waals surface area contributed by atoms with Gasteiger partial charge in [0, 0.05) is 19.4 Å². The predicted octanol–water partition coefficient (Wildman–Crippen LogP) is 1.46. The zero-order chi connectivity index (χ0) is 10.7. The molecule has 6 heteroatoms. The van der Waals surface area contributed by atoms with Gasteiger partial charge >= 0.3 is 0 Å². The van der Waals surface area contributed by atoms with Gasteiger partial charge in [-0.25, -0.2) is 4.68 Å². The first-order valence-corrected chi connectivity index (χ1v) is 4.70. The van der Waals surface area contributed by atoms with E-state index in [1.54, 1.807) is 31.5 Å². The normalized spacial score (nSPS) is 10.5. The van der Waals surface area contributed by atoms with Crippen molar-refractivity contribution in [3.05, 3.63) is 35.2 Å². The highest BCUT2D eigenvalue weighted by Gasteiger charge is 2.08. The second-order valence-corrected chi connectivity index (χ2v) is 3.27. The first-order valence-electron chi connectivity index (χ1n) is 4.32. The summed E-state index contributed by atoms with van der Waals surface area (Å²) in [6.07, 6.45) is 1.59. The van der Waals surface area contributed by atoms with Gasteiger partial charge in [-0.2, -0.15) is 10.2 Å². The first kappa shape index (κ1) is 10.1. The Balaban J connectivity index is 2.36. The van der Waals surface area contributed by atoms with Crippen LogP contribution in [0.1, 0.15) is 5.69 Å². The fourth-order valence-corrected chi connectivity index (χ4v) is 1.44. The Hall–Kier alpha value is -1.46. The van der Waals surface area contributed by atoms with Crippen LogP contribution in [-0.2, 0) is 11.3 Å². The van der Waals surface area contributed by atoms with Gasteiger partial charge in [0.25, 0.3) is 0 Å². The molecule has 2 rings (SSSR count). The van der Waals surface area contributed by atoms with Gasteiger partial charge in [0.1, 0.15) is 5.15 Å². The Morgan fingerprint density at radius 3 is 3.07 bits per heavy atom. The van der Waals surface area contributed by atoms with Crippen LogP contribution in [0.25, 0.3) is 5.82 Å². The maximum Gasteiger partial charge on any atom is 0.177 e. The van der Waals surface area contributed by atoms with Crippen molar-refractivity contribution in [3.8, 4) is 5.82 Å². The van der Waals surface area contributed by atoms with E-state index in [1.165, 1.54) is 4.68 Å². The van der Waals surface area contributed by atoms with E-state index >= 15 is 0 Å². The topological polar surface area (TPSA) is 52.8 Å². The van der Waals surface area contributed by atoms with Crippen molar-refractivity contribution in [1.82, 2.24) is 20.0 Å². The number of ether oxygens (including phenoxy) is 1. The molecule has 5 nitrogen and oxygen atoms in total. The number of rotatable bonds is 3. The van der Waals surface area contributed by atoms with Gasteiger partial charge < -0.3 is 4.74 Å². The number of methoxy groups -OCH3 is 1. The molecule has 0 atom stereocenters. The van der Waals surface area contributed by atoms with E-state index in [4.69, 9.17) is 16.3 Å². The molecule has 2 aromatic rings. The number of nitrogens with zero attached hydrogens (tertiary/aromatic N) is 4. The molecule has 0 saturated carbocycles. The van der Waals surface area contributed by atoms with Crippen LogP contribution < -0.4 is 0 Å². The van der Waals surface area contributed by atoms with Crippen LogP contribution in [0.3, 0.4) is 0 Å². The molecule has 0 N–H and O–H groups in total. The van der Waals surface area contributed by atoms with Crippen molar-refractivity contribution >= 4 is 11.6 Å². The molecule has 0 spiro atoms. The molecule has 0 bridgehead atoms. The number of hydrogen-bond acceptors (Lipinski definition) is 4. The standard InChI is InChI=1S/C9H9ClN4O/c1-15-6-7-5-8(10)14(13-7)9-3-2-4-11-12-9/h2-5H,6H2,1H3. The number of hydrogen-bond donors (Lipinski definition) is 0. The lowest BCUT2D eigenvalue weighted by Crippen LogP contribution is -2.01. The summed E-state index contributed by atoms with van der Waals surface area (Å²) in [6.45, 7) is 0.424. The summed E-state index contributed by atoms with van der Waals surface area (Å²) in [5, 5.41) is 12.4. The highest BCUT2D eigenvalue weighted by molar-refractivity contribution is 6.29. The minimum absolute atomic E-state index is 0.424. The molecule has 0 amide bonds. The highest BCUT2D eigenvalue weighted by Crippen LogP contribution is 2.15. The second-order valence-electron chi connectivity index (χ2n) is 2.89. The molecule has 2 heterocycles. The van der Waals surface area contributed by atoms with Crippen molar-refractivity contribution in [2.75, 3.05) is 7.11 Å². The van der Waals surface area contributed by atoms with Crippen molar-refractivity contribution in [1.29, 1.82) is 0 Å². The van der Waals surface area contributed by atoms with E-state index in [1.807, 2.05) is 0 Å². The Morgan fingerprint density at radius 2 is 2.40 bits per heavy atom. The van der Waals surface area contributed by atoms with Crippen LogP contribution in [0.4, 0.5) is 0 Å². The van der Waals surface area contributed by atoms with E-state index < -0.39 is 0 Å². The lowest BCUT2D eigenvalue weighted by Gasteiger charge is -1.99. The quantitative estimate of drug-likeness (QED) is 0.792. The van der Waals surface area contributed by atoms with Crippen molar-refractivity contribution in [3.63, 3.8) is 0 Å². The largest absolute Gasteiger partial charge is 0.378 e. The monoisotopic (exact) mass is 224 g/mol. The van der Waals surface area contributed by atoms with E-state index in [0.717, 1.165) is 5.69 Å². The summed E-state index contributed by atoms with van der Waals surface area (Å²) < 4.78 is 6.48. The molecule has 0 unspecified atom stereocenters. The van der Waals surface area contributed by atoms with Gasteiger partial charge in [-0.05, 0) is 12.1 Å². The maximum atomic E-state index is 5.99. The van der Waals surface area contributed by atoms with E-state index in [9.17, 15) is 0 Å². The molecular weight excluding hydrogens is 216 g/mol. The fraction of sp³-hybridized carbons (Fsp3) is 0.222. The minimum Gasteiger partial charge on any atom is -0.378 e. The summed E-state index contributed by atoms with van der Waals surface area (Å²) >= 11 is 5.99. The van der Waals surface area contributed by atoms with Gasteiger partial charge in [-0.15, -0.1) is 5.10 Å². The molecule has 78 valence electrons. The van der Waals surface area contributed by atoms with Crippen molar-refractivity contribution in [2.45, 2.75) is 6.61 Å². The molecule has 0 fully saturated rings. The van der Waals surface area contributed by atoms with Crippen LogP contribution in [0, 0.1) is 0 Å². The molecular formula is C9H9ClN4O. The van der Waals surface area contributed by atoms with E-state index in [-0.39, 0.29) is 0 Å². The minimum atomic E-state index is 0.424. The lowest BCUT2D eigenvalue weighted by atomic mass is 10.5. The zero-order valence-electron chi connectivity index (χ0n) is 8.09. The fourth-order valence-electron chi connectivity index (χ4n) is 1.19. The molecule has 2 aromatic heterocycles. The average Bonchev–Trinajstić information content (AvgIpc) is 2.61. The summed E-state index contributed by atoms with van der Waals surface area (Å²) in [5.41, 5.74) is 0.758. The Bertz CT molecular complexity index is 443. The van der Waals surface area contributed by atoms with Gasteiger partial charge in [0.2, 0.25) is 0 Å². The lowest BCUT2D eigenvalue weighted by molar-refractivity contribution is 0.181. The molecule has 0 aliphatic carbocycles. The van der Waals surface area contributed by atoms with Crippen LogP contribution in [0.2, 0.25) is 5.15 Å². The van der Waals surface area contributed by atoms with Crippen LogP contribution >= 0.6 is 11.6 Å². The van der Waals surface area contributed by atoms with Crippen molar-refractivity contribution < 1.29 is 4.74 Å². The van der Waals surface area contributed by atoms with E-state index in [0.29, 0.717) is 17.6 Å². The third-order valence-corrected chi connectivity index (χ3v) is 2.05. The van der Waals surface area contributed by atoms with Gasteiger partial charge in [0.15, 0.2) is 5.82 Å². The molecule has 0 aliphatic heterocycles. The second kappa shape index (κ2) is 4.37. The highest BCUT2D eigenvalue weighted by atomic mass is 35.5.